The van der Waals surface area contributed by atoms with Crippen molar-refractivity contribution in [2.45, 2.75) is 44.8 Å². The topological polar surface area (TPSA) is 360 Å². The van der Waals surface area contributed by atoms with E-state index in [-0.39, 0.29) is 53.3 Å². The van der Waals surface area contributed by atoms with Crippen molar-refractivity contribution in [2.24, 2.45) is 5.73 Å². The number of nitrogens with one attached hydrogen (secondary N) is 5. The quantitative estimate of drug-likeness (QED) is 0.0211. The van der Waals surface area contributed by atoms with Crippen molar-refractivity contribution < 1.29 is 86.0 Å². The largest absolute Gasteiger partial charge is 0.480 e. The molecule has 3 heterocycles. The van der Waals surface area contributed by atoms with Crippen LogP contribution in [0.25, 0.3) is 0 Å². The molecule has 8 N–H and O–H groups in total. The Balaban J connectivity index is 0. The molecule has 2 amide bonds. The Morgan fingerprint density at radius 2 is 0.886 bits per heavy atom. The molecule has 3 aromatic rings. The number of rotatable bonds is 35. The number of halogens is 1. The van der Waals surface area contributed by atoms with E-state index in [0.717, 1.165) is 5.69 Å². The van der Waals surface area contributed by atoms with Crippen molar-refractivity contribution >= 4 is 46.6 Å². The van der Waals surface area contributed by atoms with E-state index >= 15 is 0 Å². The van der Waals surface area contributed by atoms with Gasteiger partial charge < -0.3 is 88.5 Å². The number of carboxylic acids is 1. The molecule has 28 heteroatoms. The van der Waals surface area contributed by atoms with Gasteiger partial charge in [-0.05, 0) is 11.6 Å². The van der Waals surface area contributed by atoms with E-state index in [1.54, 1.807) is 40.1 Å². The normalized spacial score (nSPS) is 11.6. The lowest BCUT2D eigenvalue weighted by Gasteiger charge is -2.15. The Hall–Kier alpha value is -5.46. The van der Waals surface area contributed by atoms with Gasteiger partial charge in [-0.3, -0.25) is 19.2 Å². The summed E-state index contributed by atoms with van der Waals surface area (Å²) in [5, 5.41) is 13.6. The number of nitrogens with two attached hydrogens (primary N) is 1. The van der Waals surface area contributed by atoms with Crippen molar-refractivity contribution in [3.8, 4) is 0 Å². The molecule has 0 saturated carbocycles. The summed E-state index contributed by atoms with van der Waals surface area (Å²) in [5.41, 5.74) is 7.66. The molecule has 400 valence electrons. The lowest BCUT2D eigenvalue weighted by molar-refractivity contribution is -0.145. The van der Waals surface area contributed by atoms with Crippen LogP contribution in [0.15, 0.2) is 37.6 Å². The number of aromatic amines is 3. The second-order valence-corrected chi connectivity index (χ2v) is 13.8. The minimum absolute atomic E-state index is 0. The molecule has 0 aromatic carbocycles. The van der Waals surface area contributed by atoms with Gasteiger partial charge in [-0.25, -0.2) is 24.5 Å². The van der Waals surface area contributed by atoms with Crippen LogP contribution in [0, 0.1) is 0 Å². The molecule has 0 aliphatic heterocycles. The van der Waals surface area contributed by atoms with Gasteiger partial charge in [0.25, 0.3) is 0 Å². The highest BCUT2D eigenvalue weighted by Crippen LogP contribution is 2.02. The van der Waals surface area contributed by atoms with E-state index < -0.39 is 53.1 Å². The lowest BCUT2D eigenvalue weighted by atomic mass is 10.1. The minimum Gasteiger partial charge on any atom is -0.480 e. The summed E-state index contributed by atoms with van der Waals surface area (Å²) in [4.78, 5) is 87.2. The highest BCUT2D eigenvalue weighted by Gasteiger charge is 2.23. The van der Waals surface area contributed by atoms with Crippen LogP contribution in [0.4, 0.5) is 0 Å². The van der Waals surface area contributed by atoms with Crippen molar-refractivity contribution in [1.82, 2.24) is 40.5 Å². The highest BCUT2D eigenvalue weighted by molar-refractivity contribution is 6.63. The molecule has 0 fully saturated rings. The molecular weight excluding hydrogens is 954 g/mol. The fourth-order valence-electron chi connectivity index (χ4n) is 4.68. The predicted octanol–water partition coefficient (Wildman–Crippen LogP) is -0.989. The summed E-state index contributed by atoms with van der Waals surface area (Å²) in [7, 11) is 7.35. The summed E-state index contributed by atoms with van der Waals surface area (Å²) in [6.07, 6.45) is 10.0. The van der Waals surface area contributed by atoms with E-state index in [1.165, 1.54) is 33.1 Å². The Morgan fingerprint density at radius 3 is 1.23 bits per heavy atom. The number of aromatic nitrogens is 6. The number of carbonyl (C=O) groups is 6. The van der Waals surface area contributed by atoms with Crippen molar-refractivity contribution in [1.29, 1.82) is 0 Å². The average molecular weight is 1030 g/mol. The third-order valence-electron chi connectivity index (χ3n) is 8.00. The van der Waals surface area contributed by atoms with E-state index in [2.05, 4.69) is 50.0 Å². The van der Waals surface area contributed by atoms with Gasteiger partial charge in [-0.15, -0.1) is 0 Å². The van der Waals surface area contributed by atoms with Gasteiger partial charge in [-0.1, -0.05) is 7.43 Å². The molecule has 27 nitrogen and oxygen atoms in total. The van der Waals surface area contributed by atoms with Crippen LogP contribution in [0.2, 0.25) is 0 Å². The zero-order chi connectivity index (χ0) is 51.3. The first-order chi connectivity index (χ1) is 33.3. The molecule has 3 rings (SSSR count). The summed E-state index contributed by atoms with van der Waals surface area (Å²) in [6.45, 7) is 4.65. The van der Waals surface area contributed by atoms with Gasteiger partial charge in [0.15, 0.2) is 0 Å². The number of carboxylic acid groups (broad SMARTS) is 1. The zero-order valence-electron chi connectivity index (χ0n) is 39.6. The molecule has 70 heavy (non-hydrogen) atoms. The van der Waals surface area contributed by atoms with Crippen LogP contribution < -0.4 is 16.4 Å². The standard InChI is InChI=1S/C14H23N3O6.C13H21N3O6.C7H13ClO4.C7H11N3O2.CH4/c1-20-3-4-22-5-6-23-9-13(18)17-12(14(19)21-2)7-11-8-15-10-16-11;1-20-2-3-21-4-5-22-8-12(17)16-11(13(18)19)6-10-7-14-9-15-10;1-10-2-3-11-4-5-12-6-7(8)9;1-12-7(11)6(8)2-5-3-9-4-10-5;/h8,10,12H,3-7,9H2,1-2H3,(H,15,16)(H,17,18);7,9,11H,2-6,8H2,1H3,(H,14,15)(H,16,17)(H,18,19);2-6H2,1H3;3-4,6H,2,8H2,1H3,(H,9,10);1H4/t12-;11-;;6-;/m00.0./s1. The van der Waals surface area contributed by atoms with Crippen molar-refractivity contribution in [2.75, 3.05) is 135 Å². The van der Waals surface area contributed by atoms with Crippen molar-refractivity contribution in [3.63, 3.8) is 0 Å². The number of methoxy groups -OCH3 is 5. The first-order valence-electron chi connectivity index (χ1n) is 21.1. The Kier molecular flexibility index (Phi) is 43.7. The number of H-pyrrole nitrogens is 3. The number of amides is 2. The number of aliphatic carboxylic acids is 1. The van der Waals surface area contributed by atoms with E-state index in [1.807, 2.05) is 0 Å². The summed E-state index contributed by atoms with van der Waals surface area (Å²) in [6, 6.07) is -2.44. The molecule has 3 aromatic heterocycles. The number of hydrogen-bond acceptors (Lipinski definition) is 21. The molecule has 0 aliphatic rings. The summed E-state index contributed by atoms with van der Waals surface area (Å²) in [5.74, 6) is -2.97. The van der Waals surface area contributed by atoms with Gasteiger partial charge in [0, 0.05) is 76.3 Å². The fraction of sp³-hybridized carbons (Fsp3) is 0.643. The average Bonchev–Trinajstić information content (AvgIpc) is 4.17. The van der Waals surface area contributed by atoms with Crippen LogP contribution in [0.5, 0.6) is 0 Å². The number of nitrogens with zero attached hydrogens (tertiary/aromatic N) is 3. The first-order valence-corrected chi connectivity index (χ1v) is 21.4. The van der Waals surface area contributed by atoms with Gasteiger partial charge in [0.05, 0.1) is 112 Å². The van der Waals surface area contributed by atoms with Crippen LogP contribution in [0.3, 0.4) is 0 Å². The molecule has 0 unspecified atom stereocenters. The maximum atomic E-state index is 11.8. The van der Waals surface area contributed by atoms with Gasteiger partial charge >= 0.3 is 17.9 Å². The van der Waals surface area contributed by atoms with Crippen LogP contribution in [-0.4, -0.2) is 223 Å². The van der Waals surface area contributed by atoms with E-state index in [4.69, 9.17) is 65.1 Å². The number of esters is 2. The van der Waals surface area contributed by atoms with Gasteiger partial charge in [0.2, 0.25) is 17.1 Å². The lowest BCUT2D eigenvalue weighted by Crippen LogP contribution is -2.44. The Bertz CT molecular complexity index is 1730. The van der Waals surface area contributed by atoms with Crippen molar-refractivity contribution in [3.05, 3.63) is 54.7 Å². The Labute approximate surface area is 412 Å². The fourth-order valence-corrected chi connectivity index (χ4v) is 4.75. The molecule has 0 bridgehead atoms. The maximum Gasteiger partial charge on any atom is 0.328 e. The SMILES string of the molecule is C.COC(=O)[C@@H](N)Cc1cnc[nH]1.COCCOCCOCC(=O)Cl.COCCOCCOCC(=O)N[C@@H](Cc1cnc[nH]1)C(=O)O.COCCOCCOCC(=O)N[C@@H](Cc1cnc[nH]1)C(=O)OC. The minimum atomic E-state index is -1.12. The molecule has 0 saturated heterocycles. The first kappa shape index (κ1) is 66.6. The monoisotopic (exact) mass is 1030 g/mol. The summed E-state index contributed by atoms with van der Waals surface area (Å²) >= 11 is 5.02. The van der Waals surface area contributed by atoms with Crippen LogP contribution in [-0.2, 0) is 100 Å². The molecule has 3 atom stereocenters. The second-order valence-electron chi connectivity index (χ2n) is 13.4. The van der Waals surface area contributed by atoms with Crippen LogP contribution >= 0.6 is 11.6 Å². The van der Waals surface area contributed by atoms with Gasteiger partial charge in [-0.2, -0.15) is 0 Å². The second kappa shape index (κ2) is 46.0. The molecule has 0 aliphatic carbocycles. The highest BCUT2D eigenvalue weighted by atomic mass is 35.5. The molecule has 0 spiro atoms. The summed E-state index contributed by atoms with van der Waals surface area (Å²) < 4.78 is 54.0. The smallest absolute Gasteiger partial charge is 0.328 e. The predicted molar refractivity (Wildman–Crippen MR) is 249 cm³/mol. The molecule has 0 radical (unpaired) electrons. The number of hydrogen-bond donors (Lipinski definition) is 7. The van der Waals surface area contributed by atoms with Gasteiger partial charge in [0.1, 0.15) is 37.9 Å². The zero-order valence-corrected chi connectivity index (χ0v) is 40.4. The number of ether oxygens (including phenoxy) is 11. The molecular formula is C42H72ClN9O18. The van der Waals surface area contributed by atoms with E-state index in [0.29, 0.717) is 83.9 Å². The Morgan fingerprint density at radius 1 is 0.543 bits per heavy atom. The third-order valence-corrected chi connectivity index (χ3v) is 8.11. The maximum absolute atomic E-state index is 11.8. The van der Waals surface area contributed by atoms with E-state index in [9.17, 15) is 28.8 Å². The number of imidazole rings is 3. The number of carbonyl (C=O) groups excluding carboxylic acids is 5. The third kappa shape index (κ3) is 38.4. The van der Waals surface area contributed by atoms with Crippen LogP contribution in [0.1, 0.15) is 24.5 Å².